The van der Waals surface area contributed by atoms with E-state index in [1.54, 1.807) is 9.36 Å². The molecule has 6 rings (SSSR count). The standard InChI is InChI=1S/2C14H13FN4/c2*15-11-9-12(10-5-2-1-3-6-10)19-14(11)17-13(18-19)7-4-8-16/h2*1-3,5-6,11-12H,4,7,9H2/t2*11-,12-/m10/s1. The van der Waals surface area contributed by atoms with Crippen LogP contribution in [0.4, 0.5) is 8.78 Å². The van der Waals surface area contributed by atoms with E-state index in [9.17, 15) is 8.78 Å². The van der Waals surface area contributed by atoms with Crippen molar-refractivity contribution >= 4 is 0 Å². The van der Waals surface area contributed by atoms with Crippen molar-refractivity contribution in [2.24, 2.45) is 0 Å². The average Bonchev–Trinajstić information content (AvgIpc) is 3.70. The minimum Gasteiger partial charge on any atom is -0.239 e. The van der Waals surface area contributed by atoms with Crippen molar-refractivity contribution in [2.45, 2.75) is 63.0 Å². The van der Waals surface area contributed by atoms with E-state index in [4.69, 9.17) is 10.5 Å². The molecule has 0 spiro atoms. The van der Waals surface area contributed by atoms with E-state index >= 15 is 0 Å². The van der Waals surface area contributed by atoms with Crippen molar-refractivity contribution < 1.29 is 8.78 Å². The Morgan fingerprint density at radius 2 is 1.08 bits per heavy atom. The van der Waals surface area contributed by atoms with Crippen molar-refractivity contribution in [3.8, 4) is 12.1 Å². The van der Waals surface area contributed by atoms with Crippen LogP contribution in [0.25, 0.3) is 0 Å². The van der Waals surface area contributed by atoms with Gasteiger partial charge in [0.1, 0.15) is 0 Å². The lowest BCUT2D eigenvalue weighted by Crippen LogP contribution is -2.07. The van der Waals surface area contributed by atoms with E-state index < -0.39 is 12.3 Å². The summed E-state index contributed by atoms with van der Waals surface area (Å²) in [5.41, 5.74) is 2.08. The number of hydrogen-bond acceptors (Lipinski definition) is 6. The van der Waals surface area contributed by atoms with Gasteiger partial charge in [-0.05, 0) is 11.1 Å². The molecule has 4 aromatic rings. The largest absolute Gasteiger partial charge is 0.239 e. The molecule has 0 N–H and O–H groups in total. The molecule has 2 aliphatic rings. The molecule has 2 aromatic carbocycles. The van der Waals surface area contributed by atoms with Crippen molar-refractivity contribution in [1.82, 2.24) is 29.5 Å². The van der Waals surface area contributed by atoms with E-state index in [0.29, 0.717) is 61.8 Å². The Hall–Kier alpha value is -4.44. The summed E-state index contributed by atoms with van der Waals surface area (Å²) in [7, 11) is 0. The summed E-state index contributed by atoms with van der Waals surface area (Å²) >= 11 is 0. The van der Waals surface area contributed by atoms with Crippen LogP contribution in [-0.4, -0.2) is 29.5 Å². The quantitative estimate of drug-likeness (QED) is 0.339. The molecule has 0 aliphatic carbocycles. The first kappa shape index (κ1) is 25.2. The maximum absolute atomic E-state index is 14.0. The van der Waals surface area contributed by atoms with E-state index in [-0.39, 0.29) is 12.1 Å². The van der Waals surface area contributed by atoms with Gasteiger partial charge in [-0.15, -0.1) is 0 Å². The fourth-order valence-electron chi connectivity index (χ4n) is 4.90. The second-order valence-corrected chi connectivity index (χ2v) is 9.24. The van der Waals surface area contributed by atoms with Crippen LogP contribution < -0.4 is 0 Å². The molecule has 4 heterocycles. The van der Waals surface area contributed by atoms with E-state index in [2.05, 4.69) is 32.3 Å². The van der Waals surface area contributed by atoms with Crippen LogP contribution in [0.15, 0.2) is 60.7 Å². The van der Waals surface area contributed by atoms with Crippen LogP contribution in [-0.2, 0) is 12.8 Å². The molecule has 0 fully saturated rings. The van der Waals surface area contributed by atoms with Crippen LogP contribution in [0.1, 0.15) is 84.5 Å². The maximum Gasteiger partial charge on any atom is 0.162 e. The SMILES string of the molecule is N#CCCc1nc2n(n1)[C@@H](c1ccccc1)C[C@H]2F.N#CCCc1nc2n(n1)[C@H](c1ccccc1)C[C@@H]2F. The van der Waals surface area contributed by atoms with Crippen LogP contribution >= 0.6 is 0 Å². The zero-order chi connectivity index (χ0) is 26.5. The van der Waals surface area contributed by atoms with Crippen molar-refractivity contribution in [1.29, 1.82) is 10.5 Å². The Morgan fingerprint density at radius 1 is 0.684 bits per heavy atom. The third kappa shape index (κ3) is 5.16. The Morgan fingerprint density at radius 3 is 1.45 bits per heavy atom. The summed E-state index contributed by atoms with van der Waals surface area (Å²) in [6.07, 6.45) is 0.292. The number of nitriles is 2. The fraction of sp³-hybridized carbons (Fsp3) is 0.357. The number of fused-ring (bicyclic) bond motifs is 2. The molecule has 0 bridgehead atoms. The molecule has 0 radical (unpaired) electrons. The molecule has 2 aromatic heterocycles. The van der Waals surface area contributed by atoms with E-state index in [1.165, 1.54) is 0 Å². The molecule has 0 saturated carbocycles. The molecular formula is C28H26F2N8. The summed E-state index contributed by atoms with van der Waals surface area (Å²) in [6.45, 7) is 0. The van der Waals surface area contributed by atoms with Crippen LogP contribution in [0.5, 0.6) is 0 Å². The van der Waals surface area contributed by atoms with Gasteiger partial charge in [-0.2, -0.15) is 20.7 Å². The van der Waals surface area contributed by atoms with Gasteiger partial charge in [0.25, 0.3) is 0 Å². The lowest BCUT2D eigenvalue weighted by Gasteiger charge is -2.11. The molecule has 2 aliphatic heterocycles. The lowest BCUT2D eigenvalue weighted by atomic mass is 10.0. The van der Waals surface area contributed by atoms with Crippen LogP contribution in [0.2, 0.25) is 0 Å². The molecule has 10 heteroatoms. The van der Waals surface area contributed by atoms with Gasteiger partial charge < -0.3 is 0 Å². The number of benzene rings is 2. The Kier molecular flexibility index (Phi) is 7.50. The highest BCUT2D eigenvalue weighted by Crippen LogP contribution is 2.40. The van der Waals surface area contributed by atoms with Crippen LogP contribution in [0, 0.1) is 22.7 Å². The van der Waals surface area contributed by atoms with Gasteiger partial charge in [-0.1, -0.05) is 60.7 Å². The summed E-state index contributed by atoms with van der Waals surface area (Å²) in [5.74, 6) is 1.89. The molecule has 38 heavy (non-hydrogen) atoms. The number of halogens is 2. The van der Waals surface area contributed by atoms with Crippen LogP contribution in [0.3, 0.4) is 0 Å². The first-order valence-corrected chi connectivity index (χ1v) is 12.6. The predicted octanol–water partition coefficient (Wildman–Crippen LogP) is 5.48. The second kappa shape index (κ2) is 11.3. The zero-order valence-corrected chi connectivity index (χ0v) is 20.7. The number of hydrogen-bond donors (Lipinski definition) is 0. The summed E-state index contributed by atoms with van der Waals surface area (Å²) in [6, 6.07) is 23.5. The Balaban J connectivity index is 0.000000155. The molecule has 0 unspecified atom stereocenters. The molecule has 192 valence electrons. The third-order valence-corrected chi connectivity index (χ3v) is 6.70. The number of alkyl halides is 2. The fourth-order valence-corrected chi connectivity index (χ4v) is 4.90. The predicted molar refractivity (Wildman–Crippen MR) is 134 cm³/mol. The van der Waals surface area contributed by atoms with E-state index in [0.717, 1.165) is 11.1 Å². The highest BCUT2D eigenvalue weighted by atomic mass is 19.1. The zero-order valence-electron chi connectivity index (χ0n) is 20.7. The number of aromatic nitrogens is 6. The summed E-state index contributed by atoms with van der Waals surface area (Å²) in [4.78, 5) is 8.42. The van der Waals surface area contributed by atoms with Gasteiger partial charge in [-0.3, -0.25) is 0 Å². The normalized spacial score (nSPS) is 21.1. The monoisotopic (exact) mass is 512 g/mol. The van der Waals surface area contributed by atoms with Gasteiger partial charge in [0.05, 0.1) is 24.2 Å². The minimum atomic E-state index is -1.08. The maximum atomic E-state index is 14.0. The molecule has 0 amide bonds. The van der Waals surface area contributed by atoms with Crippen molar-refractivity contribution in [2.75, 3.05) is 0 Å². The van der Waals surface area contributed by atoms with Gasteiger partial charge in [-0.25, -0.2) is 28.1 Å². The minimum absolute atomic E-state index is 0.0884. The number of rotatable bonds is 6. The summed E-state index contributed by atoms with van der Waals surface area (Å²) in [5, 5.41) is 25.8. The van der Waals surface area contributed by atoms with Crippen molar-refractivity contribution in [3.05, 3.63) is 95.1 Å². The first-order valence-electron chi connectivity index (χ1n) is 12.6. The Labute approximate surface area is 219 Å². The second-order valence-electron chi connectivity index (χ2n) is 9.24. The third-order valence-electron chi connectivity index (χ3n) is 6.70. The highest BCUT2D eigenvalue weighted by Gasteiger charge is 2.36. The van der Waals surface area contributed by atoms with E-state index in [1.807, 2.05) is 60.7 Å². The average molecular weight is 513 g/mol. The summed E-state index contributed by atoms with van der Waals surface area (Å²) < 4.78 is 31.3. The number of aryl methyl sites for hydroxylation is 2. The Bertz CT molecular complexity index is 1340. The molecule has 4 atom stereocenters. The molecular weight excluding hydrogens is 486 g/mol. The smallest absolute Gasteiger partial charge is 0.162 e. The van der Waals surface area contributed by atoms with Gasteiger partial charge in [0, 0.05) is 38.5 Å². The van der Waals surface area contributed by atoms with Gasteiger partial charge in [0.15, 0.2) is 35.6 Å². The van der Waals surface area contributed by atoms with Gasteiger partial charge >= 0.3 is 0 Å². The number of nitrogens with zero attached hydrogens (tertiary/aromatic N) is 8. The van der Waals surface area contributed by atoms with Crippen molar-refractivity contribution in [3.63, 3.8) is 0 Å². The highest BCUT2D eigenvalue weighted by molar-refractivity contribution is 5.24. The molecule has 0 saturated heterocycles. The topological polar surface area (TPSA) is 109 Å². The first-order chi connectivity index (χ1) is 18.6. The lowest BCUT2D eigenvalue weighted by molar-refractivity contribution is 0.327. The van der Waals surface area contributed by atoms with Gasteiger partial charge in [0.2, 0.25) is 0 Å². The molecule has 8 nitrogen and oxygen atoms in total.